The fourth-order valence-corrected chi connectivity index (χ4v) is 4.04. The molecule has 5 heteroatoms. The summed E-state index contributed by atoms with van der Waals surface area (Å²) in [6.07, 6.45) is 3.79. The fraction of sp³-hybridized carbons (Fsp3) is 0.231. The van der Waals surface area contributed by atoms with E-state index in [9.17, 15) is 4.79 Å². The summed E-state index contributed by atoms with van der Waals surface area (Å²) in [7, 11) is 0. The maximum absolute atomic E-state index is 12.1. The lowest BCUT2D eigenvalue weighted by Gasteiger charge is -2.21. The number of imidazole rings is 1. The third-order valence-corrected chi connectivity index (χ3v) is 5.24. The quantitative estimate of drug-likeness (QED) is 0.845. The van der Waals surface area contributed by atoms with Crippen LogP contribution in [0.2, 0.25) is 0 Å². The Morgan fingerprint density at radius 2 is 2.22 bits per heavy atom. The standard InChI is InChI=1S/C13H12N2OS2/c16-12(10-4-2-1-3-5-10)18-11-8-15-7-6-14-13(15)17-9-11/h1-7,11H,8-9H2. The Hall–Kier alpha value is -1.20. The number of hydrogen-bond donors (Lipinski definition) is 0. The number of thioether (sulfide) groups is 2. The molecular formula is C13H12N2OS2. The number of carbonyl (C=O) groups is 1. The van der Waals surface area contributed by atoms with Crippen molar-refractivity contribution in [1.29, 1.82) is 0 Å². The average molecular weight is 276 g/mol. The van der Waals surface area contributed by atoms with Crippen LogP contribution in [-0.2, 0) is 6.54 Å². The smallest absolute Gasteiger partial charge is 0.219 e. The van der Waals surface area contributed by atoms with Gasteiger partial charge in [-0.1, -0.05) is 53.9 Å². The molecule has 0 amide bonds. The van der Waals surface area contributed by atoms with E-state index in [0.717, 1.165) is 23.0 Å². The molecule has 1 aliphatic rings. The number of aromatic nitrogens is 2. The molecular weight excluding hydrogens is 264 g/mol. The second-order valence-corrected chi connectivity index (χ2v) is 6.33. The molecule has 92 valence electrons. The number of fused-ring (bicyclic) bond motifs is 1. The first-order valence-corrected chi connectivity index (χ1v) is 7.59. The Bertz CT molecular complexity index is 553. The number of hydrogen-bond acceptors (Lipinski definition) is 4. The van der Waals surface area contributed by atoms with Gasteiger partial charge in [-0.25, -0.2) is 4.98 Å². The fourth-order valence-electron chi connectivity index (χ4n) is 1.88. The molecule has 1 unspecified atom stereocenters. The zero-order valence-corrected chi connectivity index (χ0v) is 11.3. The molecule has 3 rings (SSSR count). The average Bonchev–Trinajstić information content (AvgIpc) is 2.87. The highest BCUT2D eigenvalue weighted by atomic mass is 32.2. The number of nitrogens with zero attached hydrogens (tertiary/aromatic N) is 2. The van der Waals surface area contributed by atoms with Crippen LogP contribution in [-0.4, -0.2) is 25.7 Å². The first-order chi connectivity index (χ1) is 8.83. The van der Waals surface area contributed by atoms with Crippen LogP contribution < -0.4 is 0 Å². The van der Waals surface area contributed by atoms with E-state index in [0.29, 0.717) is 5.25 Å². The van der Waals surface area contributed by atoms with Gasteiger partial charge in [0.25, 0.3) is 0 Å². The Morgan fingerprint density at radius 1 is 1.39 bits per heavy atom. The van der Waals surface area contributed by atoms with E-state index in [1.54, 1.807) is 11.8 Å². The minimum Gasteiger partial charge on any atom is -0.325 e. The van der Waals surface area contributed by atoms with Gasteiger partial charge in [-0.3, -0.25) is 4.79 Å². The second kappa shape index (κ2) is 5.20. The molecule has 0 bridgehead atoms. The van der Waals surface area contributed by atoms with Crippen molar-refractivity contribution in [2.45, 2.75) is 17.0 Å². The molecule has 0 spiro atoms. The summed E-state index contributed by atoms with van der Waals surface area (Å²) >= 11 is 3.15. The molecule has 1 aromatic heterocycles. The van der Waals surface area contributed by atoms with E-state index in [2.05, 4.69) is 9.55 Å². The Labute approximate surface area is 114 Å². The van der Waals surface area contributed by atoms with Crippen LogP contribution >= 0.6 is 23.5 Å². The van der Waals surface area contributed by atoms with E-state index in [1.165, 1.54) is 11.8 Å². The molecule has 0 N–H and O–H groups in total. The van der Waals surface area contributed by atoms with E-state index in [4.69, 9.17) is 0 Å². The normalized spacial score (nSPS) is 18.3. The van der Waals surface area contributed by atoms with Crippen molar-refractivity contribution >= 4 is 28.6 Å². The van der Waals surface area contributed by atoms with Crippen LogP contribution in [0.1, 0.15) is 10.4 Å². The zero-order valence-electron chi connectivity index (χ0n) is 9.65. The maximum Gasteiger partial charge on any atom is 0.219 e. The Balaban J connectivity index is 1.67. The predicted octanol–water partition coefficient (Wildman–Crippen LogP) is 2.93. The van der Waals surface area contributed by atoms with E-state index >= 15 is 0 Å². The highest BCUT2D eigenvalue weighted by Gasteiger charge is 2.22. The van der Waals surface area contributed by atoms with Crippen LogP contribution in [0.5, 0.6) is 0 Å². The van der Waals surface area contributed by atoms with E-state index < -0.39 is 0 Å². The summed E-state index contributed by atoms with van der Waals surface area (Å²) in [6, 6.07) is 9.46. The van der Waals surface area contributed by atoms with Gasteiger partial charge < -0.3 is 4.57 Å². The third-order valence-electron chi connectivity index (χ3n) is 2.76. The first-order valence-electron chi connectivity index (χ1n) is 5.73. The van der Waals surface area contributed by atoms with Gasteiger partial charge in [0, 0.05) is 35.5 Å². The van der Waals surface area contributed by atoms with Gasteiger partial charge in [0.05, 0.1) is 0 Å². The van der Waals surface area contributed by atoms with E-state index in [1.807, 2.05) is 42.7 Å². The summed E-state index contributed by atoms with van der Waals surface area (Å²) < 4.78 is 2.12. The summed E-state index contributed by atoms with van der Waals surface area (Å²) in [5, 5.41) is 1.54. The van der Waals surface area contributed by atoms with Crippen molar-refractivity contribution in [3.05, 3.63) is 48.3 Å². The van der Waals surface area contributed by atoms with Crippen LogP contribution in [0, 0.1) is 0 Å². The van der Waals surface area contributed by atoms with Crippen molar-refractivity contribution in [3.8, 4) is 0 Å². The highest BCUT2D eigenvalue weighted by molar-refractivity contribution is 8.15. The number of benzene rings is 1. The molecule has 2 heterocycles. The molecule has 18 heavy (non-hydrogen) atoms. The van der Waals surface area contributed by atoms with Gasteiger partial charge in [-0.2, -0.15) is 0 Å². The number of carbonyl (C=O) groups excluding carboxylic acids is 1. The predicted molar refractivity (Wildman–Crippen MR) is 75.1 cm³/mol. The van der Waals surface area contributed by atoms with E-state index in [-0.39, 0.29) is 5.12 Å². The minimum absolute atomic E-state index is 0.157. The molecule has 1 aliphatic heterocycles. The summed E-state index contributed by atoms with van der Waals surface area (Å²) in [4.78, 5) is 16.4. The molecule has 0 fully saturated rings. The van der Waals surface area contributed by atoms with Crippen LogP contribution in [0.4, 0.5) is 0 Å². The molecule has 0 aliphatic carbocycles. The molecule has 3 nitrogen and oxygen atoms in total. The lowest BCUT2D eigenvalue weighted by atomic mass is 10.2. The zero-order chi connectivity index (χ0) is 12.4. The number of rotatable bonds is 2. The second-order valence-electron chi connectivity index (χ2n) is 4.07. The largest absolute Gasteiger partial charge is 0.325 e. The highest BCUT2D eigenvalue weighted by Crippen LogP contribution is 2.30. The van der Waals surface area contributed by atoms with Gasteiger partial charge >= 0.3 is 0 Å². The molecule has 2 aromatic rings. The summed E-state index contributed by atoms with van der Waals surface area (Å²) in [5.74, 6) is 0.945. The van der Waals surface area contributed by atoms with Crippen molar-refractivity contribution in [3.63, 3.8) is 0 Å². The van der Waals surface area contributed by atoms with Crippen molar-refractivity contribution in [2.75, 3.05) is 5.75 Å². The van der Waals surface area contributed by atoms with Crippen LogP contribution in [0.25, 0.3) is 0 Å². The van der Waals surface area contributed by atoms with Gasteiger partial charge in [0.15, 0.2) is 5.16 Å². The van der Waals surface area contributed by atoms with Crippen molar-refractivity contribution < 1.29 is 4.79 Å². The van der Waals surface area contributed by atoms with Crippen LogP contribution in [0.3, 0.4) is 0 Å². The van der Waals surface area contributed by atoms with Gasteiger partial charge in [0.2, 0.25) is 5.12 Å². The Morgan fingerprint density at radius 3 is 3.06 bits per heavy atom. The maximum atomic E-state index is 12.1. The van der Waals surface area contributed by atoms with Gasteiger partial charge in [-0.15, -0.1) is 0 Å². The topological polar surface area (TPSA) is 34.9 Å². The molecule has 1 atom stereocenters. The minimum atomic E-state index is 0.157. The monoisotopic (exact) mass is 276 g/mol. The summed E-state index contributed by atoms with van der Waals surface area (Å²) in [6.45, 7) is 0.867. The first kappa shape index (κ1) is 11.9. The lowest BCUT2D eigenvalue weighted by Crippen LogP contribution is -2.22. The van der Waals surface area contributed by atoms with Crippen molar-refractivity contribution in [2.24, 2.45) is 0 Å². The molecule has 0 radical (unpaired) electrons. The Kier molecular flexibility index (Phi) is 3.43. The molecule has 0 saturated heterocycles. The lowest BCUT2D eigenvalue weighted by molar-refractivity contribution is 0.108. The SMILES string of the molecule is O=C(SC1CSc2nccn2C1)c1ccccc1. The van der Waals surface area contributed by atoms with Crippen LogP contribution in [0.15, 0.2) is 47.9 Å². The van der Waals surface area contributed by atoms with Crippen molar-refractivity contribution in [1.82, 2.24) is 9.55 Å². The summed E-state index contributed by atoms with van der Waals surface area (Å²) in [5.41, 5.74) is 0.781. The molecule has 1 aromatic carbocycles. The van der Waals surface area contributed by atoms with Gasteiger partial charge in [0.1, 0.15) is 0 Å². The molecule has 0 saturated carbocycles. The third kappa shape index (κ3) is 2.47. The van der Waals surface area contributed by atoms with Gasteiger partial charge in [-0.05, 0) is 0 Å².